The number of rotatable bonds is 7. The van der Waals surface area contributed by atoms with E-state index in [9.17, 15) is 4.79 Å². The van der Waals surface area contributed by atoms with Crippen LogP contribution in [0.1, 0.15) is 39.2 Å². The highest BCUT2D eigenvalue weighted by molar-refractivity contribution is 5.90. The Morgan fingerprint density at radius 3 is 2.71 bits per heavy atom. The van der Waals surface area contributed by atoms with Crippen molar-refractivity contribution < 1.29 is 4.79 Å². The lowest BCUT2D eigenvalue weighted by molar-refractivity contribution is -0.116. The van der Waals surface area contributed by atoms with Crippen molar-refractivity contribution in [2.24, 2.45) is 5.92 Å². The Bertz CT molecular complexity index is 505. The van der Waals surface area contributed by atoms with Crippen molar-refractivity contribution in [2.75, 3.05) is 18.9 Å². The van der Waals surface area contributed by atoms with Crippen molar-refractivity contribution >= 4 is 11.6 Å². The predicted molar refractivity (Wildman–Crippen MR) is 86.0 cm³/mol. The zero-order chi connectivity index (χ0) is 15.8. The number of carbonyl (C=O) groups is 1. The van der Waals surface area contributed by atoms with Gasteiger partial charge in [0.2, 0.25) is 5.91 Å². The van der Waals surface area contributed by atoms with Crippen molar-refractivity contribution in [1.82, 2.24) is 4.90 Å². The summed E-state index contributed by atoms with van der Waals surface area (Å²) >= 11 is 0. The summed E-state index contributed by atoms with van der Waals surface area (Å²) in [6.07, 6.45) is 1.58. The molecule has 0 radical (unpaired) electrons. The van der Waals surface area contributed by atoms with Crippen LogP contribution < -0.4 is 5.32 Å². The van der Waals surface area contributed by atoms with E-state index in [1.807, 2.05) is 0 Å². The molecule has 0 fully saturated rings. The molecule has 1 N–H and O–H groups in total. The van der Waals surface area contributed by atoms with E-state index in [0.717, 1.165) is 13.0 Å². The number of hydrogen-bond donors (Lipinski definition) is 1. The van der Waals surface area contributed by atoms with Crippen LogP contribution in [0.15, 0.2) is 24.3 Å². The molecule has 1 rings (SSSR count). The second-order valence-electron chi connectivity index (χ2n) is 5.95. The smallest absolute Gasteiger partial charge is 0.225 e. The second kappa shape index (κ2) is 8.43. The molecule has 1 aromatic rings. The highest BCUT2D eigenvalue weighted by atomic mass is 16.1. The van der Waals surface area contributed by atoms with Crippen LogP contribution in [0.2, 0.25) is 0 Å². The molecule has 0 aliphatic rings. The zero-order valence-electron chi connectivity index (χ0n) is 13.4. The summed E-state index contributed by atoms with van der Waals surface area (Å²) in [6, 6.07) is 9.50. The summed E-state index contributed by atoms with van der Waals surface area (Å²) in [4.78, 5) is 14.2. The first-order chi connectivity index (χ1) is 9.92. The molecule has 114 valence electrons. The average molecular weight is 287 g/mol. The number of nitriles is 1. The van der Waals surface area contributed by atoms with E-state index in [1.54, 1.807) is 24.3 Å². The number of nitrogens with zero attached hydrogens (tertiary/aromatic N) is 2. The van der Waals surface area contributed by atoms with Crippen LogP contribution in [0.3, 0.4) is 0 Å². The Balaban J connectivity index is 2.42. The fourth-order valence-electron chi connectivity index (χ4n) is 2.25. The third kappa shape index (κ3) is 6.42. The zero-order valence-corrected chi connectivity index (χ0v) is 13.4. The number of hydrogen-bond acceptors (Lipinski definition) is 3. The first-order valence-electron chi connectivity index (χ1n) is 7.42. The van der Waals surface area contributed by atoms with E-state index in [4.69, 9.17) is 5.26 Å². The number of anilines is 1. The summed E-state index contributed by atoms with van der Waals surface area (Å²) in [5.74, 6) is 0.638. The molecule has 4 nitrogen and oxygen atoms in total. The first kappa shape index (κ1) is 17.2. The van der Waals surface area contributed by atoms with Gasteiger partial charge in [-0.05, 0) is 44.5 Å². The number of nitrogens with one attached hydrogen (secondary N) is 1. The van der Waals surface area contributed by atoms with Gasteiger partial charge in [-0.25, -0.2) is 0 Å². The highest BCUT2D eigenvalue weighted by Crippen LogP contribution is 2.12. The second-order valence-corrected chi connectivity index (χ2v) is 5.95. The summed E-state index contributed by atoms with van der Waals surface area (Å²) in [5.41, 5.74) is 1.23. The molecule has 21 heavy (non-hydrogen) atoms. The van der Waals surface area contributed by atoms with Gasteiger partial charge in [0.1, 0.15) is 0 Å². The predicted octanol–water partition coefficient (Wildman–Crippen LogP) is 3.25. The summed E-state index contributed by atoms with van der Waals surface area (Å²) in [6.45, 7) is 7.34. The maximum atomic E-state index is 11.9. The van der Waals surface area contributed by atoms with Gasteiger partial charge >= 0.3 is 0 Å². The molecule has 0 aliphatic carbocycles. The van der Waals surface area contributed by atoms with Crippen LogP contribution in [0.5, 0.6) is 0 Å². The van der Waals surface area contributed by atoms with E-state index in [2.05, 4.69) is 44.1 Å². The summed E-state index contributed by atoms with van der Waals surface area (Å²) in [7, 11) is 2.05. The van der Waals surface area contributed by atoms with Crippen molar-refractivity contribution in [3.8, 4) is 6.07 Å². The Labute approximate surface area is 127 Å². The Hall–Kier alpha value is -1.86. The normalized spacial score (nSPS) is 12.2. The Morgan fingerprint density at radius 2 is 2.10 bits per heavy atom. The lowest BCUT2D eigenvalue weighted by Gasteiger charge is -2.25. The average Bonchev–Trinajstić information content (AvgIpc) is 2.44. The molecule has 0 saturated carbocycles. The van der Waals surface area contributed by atoms with Crippen molar-refractivity contribution in [3.05, 3.63) is 29.8 Å². The Morgan fingerprint density at radius 1 is 1.38 bits per heavy atom. The quantitative estimate of drug-likeness (QED) is 0.837. The largest absolute Gasteiger partial charge is 0.326 e. The van der Waals surface area contributed by atoms with Crippen molar-refractivity contribution in [3.63, 3.8) is 0 Å². The van der Waals surface area contributed by atoms with Gasteiger partial charge in [-0.1, -0.05) is 19.9 Å². The van der Waals surface area contributed by atoms with Crippen molar-refractivity contribution in [2.45, 2.75) is 39.7 Å². The van der Waals surface area contributed by atoms with Gasteiger partial charge in [0.25, 0.3) is 0 Å². The van der Waals surface area contributed by atoms with Gasteiger partial charge < -0.3 is 10.2 Å². The molecule has 4 heteroatoms. The fraction of sp³-hybridized carbons (Fsp3) is 0.529. The molecule has 0 aromatic heterocycles. The molecule has 0 aliphatic heterocycles. The molecule has 1 unspecified atom stereocenters. The SMILES string of the molecule is CC(C)CC(C)N(C)CCC(=O)Nc1cccc(C#N)c1. The molecule has 0 bridgehead atoms. The van der Waals surface area contributed by atoms with Gasteiger partial charge in [-0.15, -0.1) is 0 Å². The third-order valence-corrected chi connectivity index (χ3v) is 3.53. The van der Waals surface area contributed by atoms with Crippen LogP contribution in [-0.2, 0) is 4.79 Å². The van der Waals surface area contributed by atoms with E-state index in [0.29, 0.717) is 29.6 Å². The standard InChI is InChI=1S/C17H25N3O/c1-13(2)10-14(3)20(4)9-8-17(21)19-16-7-5-6-15(11-16)12-18/h5-7,11,13-14H,8-10H2,1-4H3,(H,19,21). The van der Waals surface area contributed by atoms with Crippen LogP contribution in [0.25, 0.3) is 0 Å². The molecule has 1 aromatic carbocycles. The van der Waals surface area contributed by atoms with Crippen LogP contribution in [0.4, 0.5) is 5.69 Å². The van der Waals surface area contributed by atoms with Crippen LogP contribution >= 0.6 is 0 Å². The van der Waals surface area contributed by atoms with Gasteiger partial charge in [0.15, 0.2) is 0 Å². The van der Waals surface area contributed by atoms with Gasteiger partial charge in [0, 0.05) is 24.7 Å². The summed E-state index contributed by atoms with van der Waals surface area (Å²) < 4.78 is 0. The Kier molecular flexibility index (Phi) is 6.90. The van der Waals surface area contributed by atoms with E-state index >= 15 is 0 Å². The third-order valence-electron chi connectivity index (χ3n) is 3.53. The molecular formula is C17H25N3O. The van der Waals surface area contributed by atoms with Gasteiger partial charge in [0.05, 0.1) is 11.6 Å². The molecule has 1 amide bonds. The molecule has 0 saturated heterocycles. The van der Waals surface area contributed by atoms with E-state index in [1.165, 1.54) is 0 Å². The van der Waals surface area contributed by atoms with E-state index < -0.39 is 0 Å². The topological polar surface area (TPSA) is 56.1 Å². The minimum atomic E-state index is -0.0197. The van der Waals surface area contributed by atoms with E-state index in [-0.39, 0.29) is 5.91 Å². The minimum absolute atomic E-state index is 0.0197. The maximum Gasteiger partial charge on any atom is 0.225 e. The fourth-order valence-corrected chi connectivity index (χ4v) is 2.25. The number of carbonyl (C=O) groups excluding carboxylic acids is 1. The monoisotopic (exact) mass is 287 g/mol. The van der Waals surface area contributed by atoms with Crippen molar-refractivity contribution in [1.29, 1.82) is 5.26 Å². The summed E-state index contributed by atoms with van der Waals surface area (Å²) in [5, 5.41) is 11.7. The molecule has 0 heterocycles. The lowest BCUT2D eigenvalue weighted by Crippen LogP contribution is -2.33. The highest BCUT2D eigenvalue weighted by Gasteiger charge is 2.12. The molecule has 0 spiro atoms. The minimum Gasteiger partial charge on any atom is -0.326 e. The maximum absolute atomic E-state index is 11.9. The number of amides is 1. The van der Waals surface area contributed by atoms with Gasteiger partial charge in [-0.3, -0.25) is 4.79 Å². The van der Waals surface area contributed by atoms with Crippen LogP contribution in [0, 0.1) is 17.2 Å². The van der Waals surface area contributed by atoms with Gasteiger partial charge in [-0.2, -0.15) is 5.26 Å². The van der Waals surface area contributed by atoms with Crippen LogP contribution in [-0.4, -0.2) is 30.4 Å². The first-order valence-corrected chi connectivity index (χ1v) is 7.42. The number of benzene rings is 1. The molecular weight excluding hydrogens is 262 g/mol. The molecule has 1 atom stereocenters. The lowest BCUT2D eigenvalue weighted by atomic mass is 10.0.